The molecule has 1 unspecified atom stereocenters. The first kappa shape index (κ1) is 20.6. The molecule has 0 aromatic heterocycles. The molecule has 148 valence electrons. The molecule has 27 heavy (non-hydrogen) atoms. The number of hydrogen-bond donors (Lipinski definition) is 0. The van der Waals surface area contributed by atoms with Crippen molar-refractivity contribution in [3.63, 3.8) is 0 Å². The first-order chi connectivity index (χ1) is 12.8. The number of esters is 1. The van der Waals surface area contributed by atoms with Crippen LogP contribution in [0.4, 0.5) is 0 Å². The van der Waals surface area contributed by atoms with Gasteiger partial charge in [-0.25, -0.2) is 13.2 Å². The van der Waals surface area contributed by atoms with Crippen molar-refractivity contribution >= 4 is 39.0 Å². The lowest BCUT2D eigenvalue weighted by Gasteiger charge is -2.33. The summed E-state index contributed by atoms with van der Waals surface area (Å²) in [6.07, 6.45) is 1.98. The van der Waals surface area contributed by atoms with Crippen LogP contribution in [0.15, 0.2) is 29.8 Å². The summed E-state index contributed by atoms with van der Waals surface area (Å²) in [5, 5.41) is -0.328. The van der Waals surface area contributed by atoms with E-state index in [2.05, 4.69) is 0 Å². The van der Waals surface area contributed by atoms with Crippen LogP contribution in [0.5, 0.6) is 0 Å². The van der Waals surface area contributed by atoms with Crippen molar-refractivity contribution < 1.29 is 27.4 Å². The second-order valence-corrected chi connectivity index (χ2v) is 9.43. The molecule has 1 saturated heterocycles. The third-order valence-electron chi connectivity index (χ3n) is 4.56. The Morgan fingerprint density at radius 1 is 1.30 bits per heavy atom. The minimum Gasteiger partial charge on any atom is -0.463 e. The Morgan fingerprint density at radius 3 is 2.67 bits per heavy atom. The number of benzene rings is 1. The van der Waals surface area contributed by atoms with Crippen molar-refractivity contribution in [1.82, 2.24) is 0 Å². The lowest BCUT2D eigenvalue weighted by atomic mass is 9.94. The van der Waals surface area contributed by atoms with Crippen LogP contribution in [0.2, 0.25) is 10.0 Å². The molecule has 0 amide bonds. The first-order valence-electron chi connectivity index (χ1n) is 8.59. The van der Waals surface area contributed by atoms with Gasteiger partial charge in [-0.05, 0) is 43.2 Å². The van der Waals surface area contributed by atoms with Gasteiger partial charge in [0.25, 0.3) is 0 Å². The average molecular weight is 435 g/mol. The molecule has 0 N–H and O–H groups in total. The molecule has 2 aliphatic rings. The Morgan fingerprint density at radius 2 is 2.00 bits per heavy atom. The zero-order valence-electron chi connectivity index (χ0n) is 14.7. The van der Waals surface area contributed by atoms with Gasteiger partial charge < -0.3 is 14.2 Å². The maximum atomic E-state index is 13.1. The second kappa shape index (κ2) is 8.09. The van der Waals surface area contributed by atoms with Gasteiger partial charge in [0, 0.05) is 16.5 Å². The Labute approximate surface area is 168 Å². The quantitative estimate of drug-likeness (QED) is 0.661. The van der Waals surface area contributed by atoms with E-state index in [1.54, 1.807) is 19.1 Å². The molecular formula is C18H20Cl2O6S. The largest absolute Gasteiger partial charge is 0.463 e. The number of sulfone groups is 1. The molecular weight excluding hydrogens is 415 g/mol. The first-order valence-corrected chi connectivity index (χ1v) is 11.1. The number of halogens is 2. The van der Waals surface area contributed by atoms with Crippen LogP contribution in [0.3, 0.4) is 0 Å². The zero-order valence-corrected chi connectivity index (χ0v) is 17.1. The average Bonchev–Trinajstić information content (AvgIpc) is 3.05. The van der Waals surface area contributed by atoms with E-state index in [0.29, 0.717) is 35.2 Å². The van der Waals surface area contributed by atoms with E-state index in [4.69, 9.17) is 37.4 Å². The number of hydrogen-bond acceptors (Lipinski definition) is 6. The molecule has 1 heterocycles. The van der Waals surface area contributed by atoms with E-state index < -0.39 is 26.8 Å². The van der Waals surface area contributed by atoms with Gasteiger partial charge >= 0.3 is 5.97 Å². The van der Waals surface area contributed by atoms with E-state index in [1.807, 2.05) is 0 Å². The van der Waals surface area contributed by atoms with Crippen LogP contribution in [0, 0.1) is 0 Å². The SMILES string of the molecule is CCOC(=O)C1=CC2(CCC1S(=O)(=O)Cc1cc(Cl)ccc1Cl)OCCO2. The lowest BCUT2D eigenvalue weighted by molar-refractivity contribution is -0.143. The maximum absolute atomic E-state index is 13.1. The van der Waals surface area contributed by atoms with Gasteiger partial charge in [0.05, 0.1) is 36.4 Å². The van der Waals surface area contributed by atoms with E-state index in [0.717, 1.165) is 0 Å². The number of ether oxygens (including phenoxy) is 3. The highest BCUT2D eigenvalue weighted by Crippen LogP contribution is 2.38. The highest BCUT2D eigenvalue weighted by molar-refractivity contribution is 7.91. The molecule has 3 rings (SSSR count). The van der Waals surface area contributed by atoms with Gasteiger partial charge in [-0.2, -0.15) is 0 Å². The summed E-state index contributed by atoms with van der Waals surface area (Å²) in [6.45, 7) is 2.58. The molecule has 0 radical (unpaired) electrons. The monoisotopic (exact) mass is 434 g/mol. The van der Waals surface area contributed by atoms with E-state index in [-0.39, 0.29) is 24.4 Å². The fourth-order valence-corrected chi connectivity index (χ4v) is 5.70. The zero-order chi connectivity index (χ0) is 19.7. The van der Waals surface area contributed by atoms with Crippen LogP contribution in [0.25, 0.3) is 0 Å². The van der Waals surface area contributed by atoms with Crippen molar-refractivity contribution in [1.29, 1.82) is 0 Å². The highest BCUT2D eigenvalue weighted by Gasteiger charge is 2.46. The Balaban J connectivity index is 1.94. The van der Waals surface area contributed by atoms with Crippen molar-refractivity contribution in [3.05, 3.63) is 45.5 Å². The molecule has 1 spiro atoms. The fraction of sp³-hybridized carbons (Fsp3) is 0.500. The predicted octanol–water partition coefficient (Wildman–Crippen LogP) is 3.30. The summed E-state index contributed by atoms with van der Waals surface area (Å²) >= 11 is 12.1. The van der Waals surface area contributed by atoms with Gasteiger partial charge in [-0.3, -0.25) is 0 Å². The molecule has 9 heteroatoms. The van der Waals surface area contributed by atoms with Crippen LogP contribution in [-0.4, -0.2) is 45.2 Å². The maximum Gasteiger partial charge on any atom is 0.335 e. The molecule has 1 fully saturated rings. The molecule has 1 aliphatic heterocycles. The Bertz CT molecular complexity index is 859. The third kappa shape index (κ3) is 4.49. The minimum absolute atomic E-state index is 0.0446. The topological polar surface area (TPSA) is 78.9 Å². The summed E-state index contributed by atoms with van der Waals surface area (Å²) in [6, 6.07) is 4.65. The third-order valence-corrected chi connectivity index (χ3v) is 7.24. The summed E-state index contributed by atoms with van der Waals surface area (Å²) in [7, 11) is -3.76. The predicted molar refractivity (Wildman–Crippen MR) is 101 cm³/mol. The normalized spacial score (nSPS) is 21.9. The smallest absolute Gasteiger partial charge is 0.335 e. The van der Waals surface area contributed by atoms with Crippen molar-refractivity contribution in [2.75, 3.05) is 19.8 Å². The summed E-state index contributed by atoms with van der Waals surface area (Å²) in [4.78, 5) is 12.5. The minimum atomic E-state index is -3.76. The summed E-state index contributed by atoms with van der Waals surface area (Å²) in [5.41, 5.74) is 0.434. The van der Waals surface area contributed by atoms with E-state index >= 15 is 0 Å². The number of rotatable bonds is 5. The highest BCUT2D eigenvalue weighted by atomic mass is 35.5. The molecule has 6 nitrogen and oxygen atoms in total. The lowest BCUT2D eigenvalue weighted by Crippen LogP contribution is -2.40. The number of carbonyl (C=O) groups is 1. The fourth-order valence-electron chi connectivity index (χ4n) is 3.34. The van der Waals surface area contributed by atoms with E-state index in [1.165, 1.54) is 12.1 Å². The molecule has 1 aromatic rings. The van der Waals surface area contributed by atoms with Crippen LogP contribution in [-0.2, 0) is 34.6 Å². The van der Waals surface area contributed by atoms with Gasteiger partial charge in [0.1, 0.15) is 0 Å². The van der Waals surface area contributed by atoms with Crippen molar-refractivity contribution in [3.8, 4) is 0 Å². The summed E-state index contributed by atoms with van der Waals surface area (Å²) in [5.74, 6) is -2.06. The Kier molecular flexibility index (Phi) is 6.17. The van der Waals surface area contributed by atoms with Crippen LogP contribution < -0.4 is 0 Å². The molecule has 1 aliphatic carbocycles. The molecule has 1 aromatic carbocycles. The van der Waals surface area contributed by atoms with Gasteiger partial charge in [-0.15, -0.1) is 0 Å². The molecule has 1 atom stereocenters. The van der Waals surface area contributed by atoms with Crippen molar-refractivity contribution in [2.45, 2.75) is 36.6 Å². The van der Waals surface area contributed by atoms with E-state index in [9.17, 15) is 13.2 Å². The van der Waals surface area contributed by atoms with Crippen LogP contribution in [0.1, 0.15) is 25.3 Å². The van der Waals surface area contributed by atoms with Gasteiger partial charge in [0.15, 0.2) is 15.6 Å². The summed E-state index contributed by atoms with van der Waals surface area (Å²) < 4.78 is 42.5. The van der Waals surface area contributed by atoms with Gasteiger partial charge in [-0.1, -0.05) is 23.2 Å². The van der Waals surface area contributed by atoms with Gasteiger partial charge in [0.2, 0.25) is 0 Å². The van der Waals surface area contributed by atoms with Crippen molar-refractivity contribution in [2.24, 2.45) is 0 Å². The number of carbonyl (C=O) groups excluding carboxylic acids is 1. The molecule has 0 saturated carbocycles. The van der Waals surface area contributed by atoms with Crippen LogP contribution >= 0.6 is 23.2 Å². The Hall–Kier alpha value is -1.12. The second-order valence-electron chi connectivity index (χ2n) is 6.40. The standard InChI is InChI=1S/C18H20Cl2O6S/c1-2-24-17(21)14-10-18(25-7-8-26-18)6-5-16(14)27(22,23)11-12-9-13(19)3-4-15(12)20/h3-4,9-10,16H,2,5-8,11H2,1H3. The molecule has 0 bridgehead atoms.